The molecule has 0 saturated carbocycles. The van der Waals surface area contributed by atoms with Crippen LogP contribution in [0.4, 0.5) is 10.5 Å². The lowest BCUT2D eigenvalue weighted by Crippen LogP contribution is -2.34. The Labute approximate surface area is 99.2 Å². The van der Waals surface area contributed by atoms with Gasteiger partial charge in [-0.15, -0.1) is 0 Å². The largest absolute Gasteiger partial charge is 0.368 e. The number of anilines is 1. The second-order valence-corrected chi connectivity index (χ2v) is 3.75. The van der Waals surface area contributed by atoms with Crippen molar-refractivity contribution in [3.63, 3.8) is 0 Å². The summed E-state index contributed by atoms with van der Waals surface area (Å²) in [6.45, 7) is 1.63. The average molecular weight is 239 g/mol. The van der Waals surface area contributed by atoms with Gasteiger partial charge in [-0.3, -0.25) is 9.10 Å². The van der Waals surface area contributed by atoms with E-state index in [4.69, 9.17) is 5.73 Å². The Bertz CT molecular complexity index is 409. The molecule has 0 aliphatic rings. The summed E-state index contributed by atoms with van der Waals surface area (Å²) >= 11 is 3.85. The van der Waals surface area contributed by atoms with E-state index >= 15 is 0 Å². The monoisotopic (exact) mass is 239 g/mol. The predicted molar refractivity (Wildman–Crippen MR) is 65.1 cm³/mol. The van der Waals surface area contributed by atoms with Crippen LogP contribution in [0.3, 0.4) is 0 Å². The maximum absolute atomic E-state index is 11.5. The molecule has 3 amide bonds. The molecule has 0 aliphatic heterocycles. The number of rotatable bonds is 3. The molecule has 86 valence electrons. The lowest BCUT2D eigenvalue weighted by atomic mass is 10.2. The second-order valence-electron chi connectivity index (χ2n) is 3.27. The molecule has 0 radical (unpaired) electrons. The number of hydrogen-bond acceptors (Lipinski definition) is 3. The molecule has 0 fully saturated rings. The van der Waals surface area contributed by atoms with Gasteiger partial charge in [-0.2, -0.15) is 0 Å². The highest BCUT2D eigenvalue weighted by molar-refractivity contribution is 7.78. The SMILES string of the molecule is Cc1ccccc1NC(=O)N(S)CC(N)=O. The Hall–Kier alpha value is -1.69. The van der Waals surface area contributed by atoms with Crippen LogP contribution in [0, 0.1) is 6.92 Å². The molecular formula is C10H13N3O2S. The van der Waals surface area contributed by atoms with Gasteiger partial charge in [-0.1, -0.05) is 31.0 Å². The predicted octanol–water partition coefficient (Wildman–Crippen LogP) is 1.16. The van der Waals surface area contributed by atoms with Crippen LogP contribution in [0.1, 0.15) is 5.56 Å². The first-order chi connectivity index (χ1) is 7.50. The smallest absolute Gasteiger partial charge is 0.332 e. The molecule has 1 rings (SSSR count). The standard InChI is InChI=1S/C10H13N3O2S/c1-7-4-2-3-5-8(7)12-10(15)13(16)6-9(11)14/h2-5,16H,6H2,1H3,(H2,11,14)(H,12,15). The molecule has 0 aliphatic carbocycles. The highest BCUT2D eigenvalue weighted by Crippen LogP contribution is 2.14. The first-order valence-corrected chi connectivity index (χ1v) is 5.02. The zero-order valence-corrected chi connectivity index (χ0v) is 9.70. The molecule has 1 aromatic rings. The summed E-state index contributed by atoms with van der Waals surface area (Å²) in [4.78, 5) is 22.1. The number of para-hydroxylation sites is 1. The van der Waals surface area contributed by atoms with Crippen molar-refractivity contribution in [3.8, 4) is 0 Å². The molecule has 6 heteroatoms. The van der Waals surface area contributed by atoms with Crippen molar-refractivity contribution >= 4 is 30.4 Å². The Morgan fingerprint density at radius 2 is 2.06 bits per heavy atom. The van der Waals surface area contributed by atoms with Crippen LogP contribution in [0.15, 0.2) is 24.3 Å². The van der Waals surface area contributed by atoms with Gasteiger partial charge in [0.05, 0.1) is 0 Å². The minimum absolute atomic E-state index is 0.235. The van der Waals surface area contributed by atoms with Crippen LogP contribution in [0.25, 0.3) is 0 Å². The van der Waals surface area contributed by atoms with Crippen molar-refractivity contribution in [1.82, 2.24) is 4.31 Å². The van der Waals surface area contributed by atoms with Crippen LogP contribution in [0.2, 0.25) is 0 Å². The number of aryl methyl sites for hydroxylation is 1. The third-order valence-corrected chi connectivity index (χ3v) is 2.25. The summed E-state index contributed by atoms with van der Waals surface area (Å²) in [5, 5.41) is 2.62. The number of benzene rings is 1. The Morgan fingerprint density at radius 1 is 1.44 bits per heavy atom. The molecular weight excluding hydrogens is 226 g/mol. The summed E-state index contributed by atoms with van der Waals surface area (Å²) < 4.78 is 0.925. The van der Waals surface area contributed by atoms with Crippen LogP contribution in [-0.4, -0.2) is 22.8 Å². The number of hydrogen-bond donors (Lipinski definition) is 3. The van der Waals surface area contributed by atoms with E-state index in [0.29, 0.717) is 5.69 Å². The van der Waals surface area contributed by atoms with Crippen molar-refractivity contribution in [2.45, 2.75) is 6.92 Å². The Kier molecular flexibility index (Phi) is 4.19. The maximum atomic E-state index is 11.5. The number of primary amides is 1. The lowest BCUT2D eigenvalue weighted by molar-refractivity contribution is -0.117. The van der Waals surface area contributed by atoms with Crippen LogP contribution >= 0.6 is 12.8 Å². The van der Waals surface area contributed by atoms with Crippen molar-refractivity contribution < 1.29 is 9.59 Å². The van der Waals surface area contributed by atoms with E-state index in [1.54, 1.807) is 12.1 Å². The van der Waals surface area contributed by atoms with Gasteiger partial charge in [0.2, 0.25) is 5.91 Å². The van der Waals surface area contributed by atoms with Gasteiger partial charge in [0.15, 0.2) is 0 Å². The quantitative estimate of drug-likeness (QED) is 0.692. The normalized spacial score (nSPS) is 9.62. The molecule has 0 bridgehead atoms. The van der Waals surface area contributed by atoms with Gasteiger partial charge < -0.3 is 11.1 Å². The van der Waals surface area contributed by atoms with E-state index in [2.05, 4.69) is 18.1 Å². The number of nitrogens with one attached hydrogen (secondary N) is 1. The fourth-order valence-electron chi connectivity index (χ4n) is 1.11. The van der Waals surface area contributed by atoms with E-state index < -0.39 is 11.9 Å². The van der Waals surface area contributed by atoms with Crippen molar-refractivity contribution in [3.05, 3.63) is 29.8 Å². The topological polar surface area (TPSA) is 75.4 Å². The van der Waals surface area contributed by atoms with Crippen molar-refractivity contribution in [2.75, 3.05) is 11.9 Å². The molecule has 0 aromatic heterocycles. The number of carbonyl (C=O) groups is 2. The molecule has 5 nitrogen and oxygen atoms in total. The minimum Gasteiger partial charge on any atom is -0.368 e. The molecule has 1 aromatic carbocycles. The third-order valence-electron chi connectivity index (χ3n) is 1.93. The average Bonchev–Trinajstić information content (AvgIpc) is 2.20. The third kappa shape index (κ3) is 3.47. The Balaban J connectivity index is 2.64. The van der Waals surface area contributed by atoms with Gasteiger partial charge >= 0.3 is 6.03 Å². The van der Waals surface area contributed by atoms with Gasteiger partial charge in [-0.05, 0) is 18.6 Å². The first kappa shape index (κ1) is 12.4. The van der Waals surface area contributed by atoms with E-state index in [9.17, 15) is 9.59 Å². The number of carbonyl (C=O) groups excluding carboxylic acids is 2. The highest BCUT2D eigenvalue weighted by Gasteiger charge is 2.12. The fraction of sp³-hybridized carbons (Fsp3) is 0.200. The molecule has 0 heterocycles. The summed E-state index contributed by atoms with van der Waals surface area (Å²) in [5.74, 6) is -0.616. The van der Waals surface area contributed by atoms with E-state index in [-0.39, 0.29) is 6.54 Å². The number of amides is 3. The molecule has 0 unspecified atom stereocenters. The molecule has 3 N–H and O–H groups in total. The summed E-state index contributed by atoms with van der Waals surface area (Å²) in [6, 6.07) is 6.81. The van der Waals surface area contributed by atoms with Gasteiger partial charge in [0, 0.05) is 5.69 Å². The molecule has 0 saturated heterocycles. The maximum Gasteiger partial charge on any atom is 0.332 e. The second kappa shape index (κ2) is 5.41. The fourth-order valence-corrected chi connectivity index (χ4v) is 1.30. The minimum atomic E-state index is -0.616. The van der Waals surface area contributed by atoms with Crippen LogP contribution < -0.4 is 11.1 Å². The zero-order valence-electron chi connectivity index (χ0n) is 8.80. The summed E-state index contributed by atoms with van der Waals surface area (Å²) in [5.41, 5.74) is 6.55. The lowest BCUT2D eigenvalue weighted by Gasteiger charge is -2.15. The molecule has 0 atom stereocenters. The number of thiol groups is 1. The van der Waals surface area contributed by atoms with E-state index in [0.717, 1.165) is 9.87 Å². The van der Waals surface area contributed by atoms with Gasteiger partial charge in [0.25, 0.3) is 0 Å². The highest BCUT2D eigenvalue weighted by atomic mass is 32.1. The van der Waals surface area contributed by atoms with E-state index in [1.807, 2.05) is 19.1 Å². The van der Waals surface area contributed by atoms with Gasteiger partial charge in [-0.25, -0.2) is 4.79 Å². The molecule has 16 heavy (non-hydrogen) atoms. The number of nitrogens with two attached hydrogens (primary N) is 1. The first-order valence-electron chi connectivity index (χ1n) is 4.62. The summed E-state index contributed by atoms with van der Waals surface area (Å²) in [7, 11) is 0. The van der Waals surface area contributed by atoms with Crippen molar-refractivity contribution in [1.29, 1.82) is 0 Å². The molecule has 0 spiro atoms. The van der Waals surface area contributed by atoms with E-state index in [1.165, 1.54) is 0 Å². The van der Waals surface area contributed by atoms with Gasteiger partial charge in [0.1, 0.15) is 6.54 Å². The van der Waals surface area contributed by atoms with Crippen LogP contribution in [0.5, 0.6) is 0 Å². The number of nitrogens with zero attached hydrogens (tertiary/aromatic N) is 1. The zero-order chi connectivity index (χ0) is 12.1. The summed E-state index contributed by atoms with van der Waals surface area (Å²) in [6.07, 6.45) is 0. The Morgan fingerprint density at radius 3 is 2.62 bits per heavy atom. The number of urea groups is 1. The van der Waals surface area contributed by atoms with Crippen LogP contribution in [-0.2, 0) is 4.79 Å². The van der Waals surface area contributed by atoms with Crippen molar-refractivity contribution in [2.24, 2.45) is 5.73 Å².